The van der Waals surface area contributed by atoms with Crippen LogP contribution in [0.3, 0.4) is 0 Å². The number of benzene rings is 1. The predicted octanol–water partition coefficient (Wildman–Crippen LogP) is 2.76. The van der Waals surface area contributed by atoms with Gasteiger partial charge >= 0.3 is 0 Å². The van der Waals surface area contributed by atoms with Gasteiger partial charge in [-0.3, -0.25) is 4.79 Å². The van der Waals surface area contributed by atoms with Gasteiger partial charge in [-0.25, -0.2) is 4.98 Å². The molecule has 112 valence electrons. The molecule has 1 saturated heterocycles. The molecule has 0 radical (unpaired) electrons. The van der Waals surface area contributed by atoms with E-state index in [4.69, 9.17) is 0 Å². The minimum Gasteiger partial charge on any atom is -0.388 e. The Bertz CT molecular complexity index is 621. The summed E-state index contributed by atoms with van der Waals surface area (Å²) >= 11 is 3.10. The van der Waals surface area contributed by atoms with Gasteiger partial charge < -0.3 is 10.0 Å². The number of fused-ring (bicyclic) bond motifs is 1. The quantitative estimate of drug-likeness (QED) is 0.883. The van der Waals surface area contributed by atoms with Gasteiger partial charge in [-0.1, -0.05) is 23.9 Å². The highest BCUT2D eigenvalue weighted by Gasteiger charge is 2.30. The number of aromatic nitrogens is 1. The van der Waals surface area contributed by atoms with Gasteiger partial charge in [0.1, 0.15) is 0 Å². The van der Waals surface area contributed by atoms with Gasteiger partial charge in [-0.05, 0) is 31.9 Å². The predicted molar refractivity (Wildman–Crippen MR) is 86.8 cm³/mol. The van der Waals surface area contributed by atoms with E-state index in [1.54, 1.807) is 23.2 Å². The summed E-state index contributed by atoms with van der Waals surface area (Å²) in [6.07, 6.45) is 1.63. The summed E-state index contributed by atoms with van der Waals surface area (Å²) in [6, 6.07) is 7.99. The number of carbonyl (C=O) groups is 1. The van der Waals surface area contributed by atoms with Crippen molar-refractivity contribution >= 4 is 39.2 Å². The van der Waals surface area contributed by atoms with Crippen molar-refractivity contribution < 1.29 is 9.90 Å². The molecule has 1 aliphatic heterocycles. The van der Waals surface area contributed by atoms with Gasteiger partial charge in [-0.2, -0.15) is 0 Å². The van der Waals surface area contributed by atoms with E-state index in [2.05, 4.69) is 4.98 Å². The Hall–Kier alpha value is -1.11. The molecule has 21 heavy (non-hydrogen) atoms. The minimum atomic E-state index is -0.742. The molecule has 1 aliphatic rings. The Morgan fingerprint density at radius 2 is 2.33 bits per heavy atom. The summed E-state index contributed by atoms with van der Waals surface area (Å²) in [5.74, 6) is 0.467. The van der Waals surface area contributed by atoms with E-state index >= 15 is 0 Å². The van der Waals surface area contributed by atoms with Crippen LogP contribution in [-0.2, 0) is 4.79 Å². The lowest BCUT2D eigenvalue weighted by molar-refractivity contribution is -0.134. The molecule has 0 bridgehead atoms. The molecule has 0 spiro atoms. The maximum absolute atomic E-state index is 12.2. The molecule has 0 aliphatic carbocycles. The maximum Gasteiger partial charge on any atom is 0.233 e. The lowest BCUT2D eigenvalue weighted by atomic mass is 9.95. The van der Waals surface area contributed by atoms with Crippen LogP contribution >= 0.6 is 23.1 Å². The zero-order valence-corrected chi connectivity index (χ0v) is 13.5. The van der Waals surface area contributed by atoms with E-state index in [0.29, 0.717) is 12.3 Å². The number of aliphatic hydroxyl groups is 1. The molecule has 1 fully saturated rings. The van der Waals surface area contributed by atoms with E-state index in [9.17, 15) is 9.90 Å². The number of amides is 1. The number of hydrogen-bond donors (Lipinski definition) is 1. The highest BCUT2D eigenvalue weighted by atomic mass is 32.2. The first-order valence-corrected chi connectivity index (χ1v) is 8.82. The number of thioether (sulfide) groups is 1. The van der Waals surface area contributed by atoms with Crippen molar-refractivity contribution in [1.29, 1.82) is 0 Å². The topological polar surface area (TPSA) is 53.4 Å². The summed E-state index contributed by atoms with van der Waals surface area (Å²) in [6.45, 7) is 2.98. The Balaban J connectivity index is 1.60. The Kier molecular flexibility index (Phi) is 4.19. The first kappa shape index (κ1) is 14.8. The third-order valence-electron chi connectivity index (χ3n) is 3.62. The van der Waals surface area contributed by atoms with E-state index in [1.807, 2.05) is 24.3 Å². The van der Waals surface area contributed by atoms with Gasteiger partial charge in [0.05, 0.1) is 21.6 Å². The largest absolute Gasteiger partial charge is 0.388 e. The number of rotatable bonds is 3. The van der Waals surface area contributed by atoms with Crippen LogP contribution in [-0.4, -0.2) is 45.3 Å². The number of nitrogens with zero attached hydrogens (tertiary/aromatic N) is 2. The normalized spacial score (nSPS) is 22.7. The van der Waals surface area contributed by atoms with Gasteiger partial charge in [0.25, 0.3) is 0 Å². The molecule has 1 N–H and O–H groups in total. The molecule has 2 aromatic rings. The number of piperidine rings is 1. The zero-order valence-electron chi connectivity index (χ0n) is 11.9. The standard InChI is InChI=1S/C15H18N2O2S2/c1-15(19)7-4-8-17(10-15)13(18)9-20-14-16-11-5-2-3-6-12(11)21-14/h2-3,5-6,19H,4,7-10H2,1H3. The smallest absolute Gasteiger partial charge is 0.233 e. The number of carbonyl (C=O) groups excluding carboxylic acids is 1. The van der Waals surface area contributed by atoms with Crippen molar-refractivity contribution in [3.05, 3.63) is 24.3 Å². The Morgan fingerprint density at radius 1 is 1.52 bits per heavy atom. The molecule has 1 aromatic heterocycles. The second-order valence-corrected chi connectivity index (χ2v) is 7.91. The second-order valence-electron chi connectivity index (χ2n) is 5.65. The summed E-state index contributed by atoms with van der Waals surface area (Å²) < 4.78 is 2.07. The van der Waals surface area contributed by atoms with Crippen molar-refractivity contribution in [3.63, 3.8) is 0 Å². The number of likely N-dealkylation sites (tertiary alicyclic amines) is 1. The molecule has 1 atom stereocenters. The molecular formula is C15H18N2O2S2. The maximum atomic E-state index is 12.2. The zero-order chi connectivity index (χ0) is 14.9. The number of para-hydroxylation sites is 1. The molecule has 3 rings (SSSR count). The first-order chi connectivity index (χ1) is 10.0. The van der Waals surface area contributed by atoms with E-state index < -0.39 is 5.60 Å². The molecule has 0 saturated carbocycles. The van der Waals surface area contributed by atoms with Crippen LogP contribution < -0.4 is 0 Å². The third kappa shape index (κ3) is 3.56. The van der Waals surface area contributed by atoms with Crippen LogP contribution in [0.4, 0.5) is 0 Å². The lowest BCUT2D eigenvalue weighted by Crippen LogP contribution is -2.49. The number of thiazole rings is 1. The monoisotopic (exact) mass is 322 g/mol. The molecule has 6 heteroatoms. The molecular weight excluding hydrogens is 304 g/mol. The molecule has 1 unspecified atom stereocenters. The third-order valence-corrected chi connectivity index (χ3v) is 5.79. The minimum absolute atomic E-state index is 0.0826. The van der Waals surface area contributed by atoms with Crippen LogP contribution in [0, 0.1) is 0 Å². The van der Waals surface area contributed by atoms with Gasteiger partial charge in [0, 0.05) is 13.1 Å². The number of hydrogen-bond acceptors (Lipinski definition) is 5. The average Bonchev–Trinajstić information content (AvgIpc) is 2.86. The fourth-order valence-electron chi connectivity index (χ4n) is 2.56. The van der Waals surface area contributed by atoms with Crippen LogP contribution in [0.5, 0.6) is 0 Å². The summed E-state index contributed by atoms with van der Waals surface area (Å²) in [4.78, 5) is 18.5. The SMILES string of the molecule is CC1(O)CCCN(C(=O)CSc2nc3ccccc3s2)C1. The first-order valence-electron chi connectivity index (χ1n) is 7.02. The molecule has 2 heterocycles. The highest BCUT2D eigenvalue weighted by molar-refractivity contribution is 8.01. The van der Waals surface area contributed by atoms with Crippen molar-refractivity contribution in [3.8, 4) is 0 Å². The second kappa shape index (κ2) is 5.94. The highest BCUT2D eigenvalue weighted by Crippen LogP contribution is 2.30. The Labute approximate surface area is 132 Å². The van der Waals surface area contributed by atoms with Crippen molar-refractivity contribution in [1.82, 2.24) is 9.88 Å². The van der Waals surface area contributed by atoms with E-state index in [-0.39, 0.29) is 5.91 Å². The van der Waals surface area contributed by atoms with Crippen LogP contribution in [0.2, 0.25) is 0 Å². The van der Waals surface area contributed by atoms with Crippen molar-refractivity contribution in [2.75, 3.05) is 18.8 Å². The average molecular weight is 322 g/mol. The van der Waals surface area contributed by atoms with E-state index in [0.717, 1.165) is 33.9 Å². The lowest BCUT2D eigenvalue weighted by Gasteiger charge is -2.36. The summed E-state index contributed by atoms with van der Waals surface area (Å²) in [7, 11) is 0. The van der Waals surface area contributed by atoms with Gasteiger partial charge in [0.2, 0.25) is 5.91 Å². The van der Waals surface area contributed by atoms with Crippen molar-refractivity contribution in [2.45, 2.75) is 29.7 Å². The van der Waals surface area contributed by atoms with Crippen LogP contribution in [0.25, 0.3) is 10.2 Å². The molecule has 1 amide bonds. The van der Waals surface area contributed by atoms with Crippen molar-refractivity contribution in [2.24, 2.45) is 0 Å². The van der Waals surface area contributed by atoms with Gasteiger partial charge in [0.15, 0.2) is 4.34 Å². The summed E-state index contributed by atoms with van der Waals surface area (Å²) in [5.41, 5.74) is 0.243. The van der Waals surface area contributed by atoms with Gasteiger partial charge in [-0.15, -0.1) is 11.3 Å². The van der Waals surface area contributed by atoms with E-state index in [1.165, 1.54) is 11.8 Å². The fourth-order valence-corrected chi connectivity index (χ4v) is 4.53. The van der Waals surface area contributed by atoms with Crippen LogP contribution in [0.15, 0.2) is 28.6 Å². The molecule has 1 aromatic carbocycles. The molecule has 4 nitrogen and oxygen atoms in total. The summed E-state index contributed by atoms with van der Waals surface area (Å²) in [5, 5.41) is 10.1. The fraction of sp³-hybridized carbons (Fsp3) is 0.467. The number of β-amino-alcohol motifs (C(OH)–C–C–N with tert-alkyl or cyclic N) is 1. The Morgan fingerprint density at radius 3 is 3.10 bits per heavy atom. The van der Waals surface area contributed by atoms with Crippen LogP contribution in [0.1, 0.15) is 19.8 Å².